The predicted octanol–water partition coefficient (Wildman–Crippen LogP) is 3.85. The van der Waals surface area contributed by atoms with Crippen molar-refractivity contribution in [3.8, 4) is 11.5 Å². The normalized spacial score (nSPS) is 11.7. The van der Waals surface area contributed by atoms with Crippen LogP contribution in [-0.4, -0.2) is 33.3 Å². The molecule has 3 rings (SSSR count). The Balaban J connectivity index is 2.23. The molecule has 0 bridgehead atoms. The van der Waals surface area contributed by atoms with Crippen molar-refractivity contribution < 1.29 is 19.7 Å². The van der Waals surface area contributed by atoms with Gasteiger partial charge in [-0.2, -0.15) is 0 Å². The van der Waals surface area contributed by atoms with Crippen molar-refractivity contribution in [2.24, 2.45) is 0 Å². The van der Waals surface area contributed by atoms with Crippen LogP contribution in [0, 0.1) is 0 Å². The molecule has 2 aromatic heterocycles. The zero-order valence-corrected chi connectivity index (χ0v) is 14.6. The highest BCUT2D eigenvalue weighted by molar-refractivity contribution is 6.22. The molecule has 134 valence electrons. The maximum atomic E-state index is 12.0. The second-order valence-corrected chi connectivity index (χ2v) is 5.93. The van der Waals surface area contributed by atoms with Gasteiger partial charge in [0.05, 0.1) is 12.7 Å². The number of carboxylic acids is 1. The summed E-state index contributed by atoms with van der Waals surface area (Å²) >= 11 is 0. The number of phenols is 1. The highest BCUT2D eigenvalue weighted by atomic mass is 16.5. The molecular formula is C20H20N2O4. The SMILES string of the molecule is CCCc1c(O)cc(OC)cc1C(=Cc1c[nH]c2ncccc12)C(=O)O. The van der Waals surface area contributed by atoms with Gasteiger partial charge in [-0.25, -0.2) is 9.78 Å². The molecule has 0 radical (unpaired) electrons. The third-order valence-electron chi connectivity index (χ3n) is 4.24. The Morgan fingerprint density at radius 2 is 2.19 bits per heavy atom. The van der Waals surface area contributed by atoms with Crippen molar-refractivity contribution in [2.75, 3.05) is 7.11 Å². The Labute approximate surface area is 150 Å². The van der Waals surface area contributed by atoms with Gasteiger partial charge in [0.25, 0.3) is 0 Å². The number of carbonyl (C=O) groups is 1. The zero-order chi connectivity index (χ0) is 18.7. The minimum absolute atomic E-state index is 0.0361. The number of benzene rings is 1. The van der Waals surface area contributed by atoms with E-state index in [1.54, 1.807) is 30.6 Å². The Morgan fingerprint density at radius 1 is 1.38 bits per heavy atom. The van der Waals surface area contributed by atoms with Gasteiger partial charge in [-0.05, 0) is 36.3 Å². The average molecular weight is 352 g/mol. The van der Waals surface area contributed by atoms with Crippen LogP contribution in [-0.2, 0) is 11.2 Å². The number of aromatic amines is 1. The van der Waals surface area contributed by atoms with Crippen LogP contribution in [0.5, 0.6) is 11.5 Å². The second kappa shape index (κ2) is 7.31. The van der Waals surface area contributed by atoms with Gasteiger partial charge < -0.3 is 19.9 Å². The van der Waals surface area contributed by atoms with Crippen LogP contribution in [0.2, 0.25) is 0 Å². The van der Waals surface area contributed by atoms with Crippen LogP contribution >= 0.6 is 0 Å². The minimum atomic E-state index is -1.08. The van der Waals surface area contributed by atoms with Crippen molar-refractivity contribution in [3.63, 3.8) is 0 Å². The summed E-state index contributed by atoms with van der Waals surface area (Å²) < 4.78 is 5.21. The summed E-state index contributed by atoms with van der Waals surface area (Å²) in [6.07, 6.45) is 6.32. The summed E-state index contributed by atoms with van der Waals surface area (Å²) in [6, 6.07) is 6.83. The van der Waals surface area contributed by atoms with E-state index in [1.807, 2.05) is 13.0 Å². The molecule has 0 unspecified atom stereocenters. The van der Waals surface area contributed by atoms with Gasteiger partial charge in [0.15, 0.2) is 0 Å². The summed E-state index contributed by atoms with van der Waals surface area (Å²) in [4.78, 5) is 19.3. The highest BCUT2D eigenvalue weighted by Gasteiger charge is 2.19. The van der Waals surface area contributed by atoms with Crippen molar-refractivity contribution >= 4 is 28.7 Å². The summed E-state index contributed by atoms with van der Waals surface area (Å²) in [5.74, 6) is -0.632. The van der Waals surface area contributed by atoms with Crippen LogP contribution in [0.4, 0.5) is 0 Å². The molecule has 2 heterocycles. The smallest absolute Gasteiger partial charge is 0.336 e. The largest absolute Gasteiger partial charge is 0.508 e. The van der Waals surface area contributed by atoms with E-state index in [9.17, 15) is 15.0 Å². The number of hydrogen-bond acceptors (Lipinski definition) is 4. The second-order valence-electron chi connectivity index (χ2n) is 5.93. The summed E-state index contributed by atoms with van der Waals surface area (Å²) in [5, 5.41) is 21.0. The van der Waals surface area contributed by atoms with Crippen molar-refractivity contribution in [2.45, 2.75) is 19.8 Å². The number of aliphatic carboxylic acids is 1. The first-order chi connectivity index (χ1) is 12.5. The number of nitrogens with zero attached hydrogens (tertiary/aromatic N) is 1. The topological polar surface area (TPSA) is 95.4 Å². The fourth-order valence-electron chi connectivity index (χ4n) is 3.01. The Hall–Kier alpha value is -3.28. The number of hydrogen-bond donors (Lipinski definition) is 3. The van der Waals surface area contributed by atoms with E-state index in [2.05, 4.69) is 9.97 Å². The number of ether oxygens (including phenoxy) is 1. The van der Waals surface area contributed by atoms with Gasteiger partial charge >= 0.3 is 5.97 Å². The summed E-state index contributed by atoms with van der Waals surface area (Å²) in [6.45, 7) is 1.98. The fourth-order valence-corrected chi connectivity index (χ4v) is 3.01. The van der Waals surface area contributed by atoms with E-state index < -0.39 is 5.97 Å². The molecule has 0 aliphatic heterocycles. The van der Waals surface area contributed by atoms with Crippen LogP contribution in [0.1, 0.15) is 30.0 Å². The first kappa shape index (κ1) is 17.5. The van der Waals surface area contributed by atoms with Crippen molar-refractivity contribution in [1.82, 2.24) is 9.97 Å². The van der Waals surface area contributed by atoms with E-state index in [1.165, 1.54) is 13.2 Å². The quantitative estimate of drug-likeness (QED) is 0.586. The van der Waals surface area contributed by atoms with E-state index in [0.29, 0.717) is 28.9 Å². The van der Waals surface area contributed by atoms with Gasteiger partial charge in [0.2, 0.25) is 0 Å². The number of rotatable bonds is 6. The molecular weight excluding hydrogens is 332 g/mol. The fraction of sp³-hybridized carbons (Fsp3) is 0.200. The Kier molecular flexibility index (Phi) is 4.93. The minimum Gasteiger partial charge on any atom is -0.508 e. The van der Waals surface area contributed by atoms with Crippen LogP contribution in [0.15, 0.2) is 36.7 Å². The molecule has 3 N–H and O–H groups in total. The molecule has 0 aliphatic carbocycles. The molecule has 3 aromatic rings. The van der Waals surface area contributed by atoms with Crippen molar-refractivity contribution in [3.05, 3.63) is 53.3 Å². The standard InChI is InChI=1S/C20H20N2O4/c1-3-5-15-16(9-13(26-2)10-18(15)23)17(20(24)25)8-12-11-22-19-14(12)6-4-7-21-19/h4,6-11,23H,3,5H2,1-2H3,(H,21,22)(H,24,25). The molecule has 0 spiro atoms. The Bertz CT molecular complexity index is 989. The van der Waals surface area contributed by atoms with Gasteiger partial charge in [-0.15, -0.1) is 0 Å². The van der Waals surface area contributed by atoms with E-state index in [0.717, 1.165) is 17.4 Å². The molecule has 0 aliphatic rings. The summed E-state index contributed by atoms with van der Waals surface area (Å²) in [7, 11) is 1.48. The third-order valence-corrected chi connectivity index (χ3v) is 4.24. The zero-order valence-electron chi connectivity index (χ0n) is 14.6. The highest BCUT2D eigenvalue weighted by Crippen LogP contribution is 2.34. The number of phenolic OH excluding ortho intramolecular Hbond substituents is 1. The molecule has 6 heteroatoms. The molecule has 6 nitrogen and oxygen atoms in total. The number of methoxy groups -OCH3 is 1. The van der Waals surface area contributed by atoms with Crippen LogP contribution < -0.4 is 4.74 Å². The number of nitrogens with one attached hydrogen (secondary N) is 1. The van der Waals surface area contributed by atoms with Gasteiger partial charge in [-0.1, -0.05) is 13.3 Å². The van der Waals surface area contributed by atoms with E-state index >= 15 is 0 Å². The number of fused-ring (bicyclic) bond motifs is 1. The average Bonchev–Trinajstić information content (AvgIpc) is 3.04. The lowest BCUT2D eigenvalue weighted by atomic mass is 9.94. The molecule has 0 atom stereocenters. The van der Waals surface area contributed by atoms with E-state index in [-0.39, 0.29) is 11.3 Å². The van der Waals surface area contributed by atoms with Gasteiger partial charge in [-0.3, -0.25) is 0 Å². The molecule has 1 aromatic carbocycles. The first-order valence-electron chi connectivity index (χ1n) is 8.32. The Morgan fingerprint density at radius 3 is 2.88 bits per heavy atom. The molecule has 0 saturated heterocycles. The maximum absolute atomic E-state index is 12.0. The summed E-state index contributed by atoms with van der Waals surface area (Å²) in [5.41, 5.74) is 2.54. The van der Waals surface area contributed by atoms with Gasteiger partial charge in [0.1, 0.15) is 17.1 Å². The number of aromatic hydroxyl groups is 1. The number of aromatic nitrogens is 2. The van der Waals surface area contributed by atoms with Crippen LogP contribution in [0.3, 0.4) is 0 Å². The molecule has 0 saturated carbocycles. The monoisotopic (exact) mass is 352 g/mol. The molecule has 0 fully saturated rings. The lowest BCUT2D eigenvalue weighted by molar-refractivity contribution is -0.130. The van der Waals surface area contributed by atoms with Crippen molar-refractivity contribution in [1.29, 1.82) is 0 Å². The van der Waals surface area contributed by atoms with E-state index in [4.69, 9.17) is 4.74 Å². The maximum Gasteiger partial charge on any atom is 0.336 e. The number of carboxylic acid groups (broad SMARTS) is 1. The lowest BCUT2D eigenvalue weighted by Gasteiger charge is -2.14. The van der Waals surface area contributed by atoms with Gasteiger partial charge in [0, 0.05) is 35.0 Å². The first-order valence-corrected chi connectivity index (χ1v) is 8.32. The predicted molar refractivity (Wildman–Crippen MR) is 100 cm³/mol. The lowest BCUT2D eigenvalue weighted by Crippen LogP contribution is -2.04. The molecule has 0 amide bonds. The number of H-pyrrole nitrogens is 1. The van der Waals surface area contributed by atoms with Crippen LogP contribution in [0.25, 0.3) is 22.7 Å². The molecule has 26 heavy (non-hydrogen) atoms. The third kappa shape index (κ3) is 3.26. The number of pyridine rings is 1.